The standard InChI is InChI=1S/C11H11BrN2O/c1-2-3-6-14-11(15)9-7-8(13)4-5-10(9)12/h4-5,7H,6,13H2,1H3,(H,14,15). The maximum Gasteiger partial charge on any atom is 0.253 e. The predicted molar refractivity (Wildman–Crippen MR) is 64.3 cm³/mol. The van der Waals surface area contributed by atoms with Crippen LogP contribution in [-0.2, 0) is 0 Å². The lowest BCUT2D eigenvalue weighted by atomic mass is 10.2. The lowest BCUT2D eigenvalue weighted by Crippen LogP contribution is -2.24. The number of rotatable bonds is 2. The maximum absolute atomic E-state index is 11.6. The predicted octanol–water partition coefficient (Wildman–Crippen LogP) is 1.78. The molecule has 0 atom stereocenters. The second-order valence-electron chi connectivity index (χ2n) is 2.85. The highest BCUT2D eigenvalue weighted by molar-refractivity contribution is 9.10. The van der Waals surface area contributed by atoms with E-state index in [9.17, 15) is 4.79 Å². The number of nitrogens with one attached hydrogen (secondary N) is 1. The number of hydrogen-bond acceptors (Lipinski definition) is 2. The van der Waals surface area contributed by atoms with E-state index in [0.29, 0.717) is 17.8 Å². The highest BCUT2D eigenvalue weighted by Gasteiger charge is 2.08. The summed E-state index contributed by atoms with van der Waals surface area (Å²) in [5.41, 5.74) is 6.67. The van der Waals surface area contributed by atoms with Gasteiger partial charge in [0.05, 0.1) is 12.1 Å². The van der Waals surface area contributed by atoms with Gasteiger partial charge in [-0.2, -0.15) is 0 Å². The van der Waals surface area contributed by atoms with Crippen LogP contribution in [0.1, 0.15) is 17.3 Å². The Bertz CT molecular complexity index is 432. The molecule has 1 amide bonds. The maximum atomic E-state index is 11.6. The summed E-state index contributed by atoms with van der Waals surface area (Å²) in [6.45, 7) is 2.07. The number of hydrogen-bond donors (Lipinski definition) is 2. The van der Waals surface area contributed by atoms with Crippen LogP contribution in [0.3, 0.4) is 0 Å². The topological polar surface area (TPSA) is 55.1 Å². The van der Waals surface area contributed by atoms with Crippen LogP contribution < -0.4 is 11.1 Å². The fourth-order valence-corrected chi connectivity index (χ4v) is 1.45. The molecule has 0 saturated carbocycles. The molecule has 0 aliphatic rings. The molecule has 0 aliphatic carbocycles. The van der Waals surface area contributed by atoms with Gasteiger partial charge in [-0.25, -0.2) is 0 Å². The molecule has 3 nitrogen and oxygen atoms in total. The van der Waals surface area contributed by atoms with Gasteiger partial charge in [0, 0.05) is 10.2 Å². The summed E-state index contributed by atoms with van der Waals surface area (Å²) in [6.07, 6.45) is 0. The quantitative estimate of drug-likeness (QED) is 0.634. The summed E-state index contributed by atoms with van der Waals surface area (Å²) in [7, 11) is 0. The van der Waals surface area contributed by atoms with Crippen molar-refractivity contribution in [1.82, 2.24) is 5.32 Å². The number of halogens is 1. The van der Waals surface area contributed by atoms with Gasteiger partial charge in [-0.15, -0.1) is 5.92 Å². The molecule has 0 saturated heterocycles. The van der Waals surface area contributed by atoms with E-state index < -0.39 is 0 Å². The minimum absolute atomic E-state index is 0.183. The van der Waals surface area contributed by atoms with Gasteiger partial charge in [0.1, 0.15) is 0 Å². The van der Waals surface area contributed by atoms with Crippen molar-refractivity contribution in [3.63, 3.8) is 0 Å². The van der Waals surface area contributed by atoms with Crippen molar-refractivity contribution in [2.75, 3.05) is 12.3 Å². The molecular formula is C11H11BrN2O. The molecule has 0 aliphatic heterocycles. The first kappa shape index (κ1) is 11.6. The van der Waals surface area contributed by atoms with Crippen molar-refractivity contribution in [3.8, 4) is 11.8 Å². The van der Waals surface area contributed by atoms with Crippen molar-refractivity contribution < 1.29 is 4.79 Å². The molecule has 0 spiro atoms. The first-order valence-electron chi connectivity index (χ1n) is 4.38. The van der Waals surface area contributed by atoms with Crippen LogP contribution in [0.25, 0.3) is 0 Å². The van der Waals surface area contributed by atoms with E-state index in [-0.39, 0.29) is 5.91 Å². The van der Waals surface area contributed by atoms with Crippen LogP contribution in [0, 0.1) is 11.8 Å². The van der Waals surface area contributed by atoms with E-state index in [1.54, 1.807) is 25.1 Å². The number of nitrogens with two attached hydrogens (primary N) is 1. The third-order valence-electron chi connectivity index (χ3n) is 1.75. The second-order valence-corrected chi connectivity index (χ2v) is 3.70. The molecule has 4 heteroatoms. The van der Waals surface area contributed by atoms with E-state index in [2.05, 4.69) is 33.1 Å². The molecule has 78 valence electrons. The molecule has 15 heavy (non-hydrogen) atoms. The van der Waals surface area contributed by atoms with Crippen LogP contribution >= 0.6 is 15.9 Å². The summed E-state index contributed by atoms with van der Waals surface area (Å²) < 4.78 is 0.721. The Morgan fingerprint density at radius 3 is 3.00 bits per heavy atom. The number of carbonyl (C=O) groups excluding carboxylic acids is 1. The van der Waals surface area contributed by atoms with Gasteiger partial charge in [0.25, 0.3) is 5.91 Å². The van der Waals surface area contributed by atoms with Crippen molar-refractivity contribution >= 4 is 27.5 Å². The number of carbonyl (C=O) groups is 1. The first-order chi connectivity index (χ1) is 7.15. The Balaban J connectivity index is 2.80. The monoisotopic (exact) mass is 266 g/mol. The molecule has 0 aromatic heterocycles. The molecule has 0 heterocycles. The molecule has 1 aromatic rings. The molecule has 3 N–H and O–H groups in total. The summed E-state index contributed by atoms with van der Waals surface area (Å²) in [5, 5.41) is 2.67. The summed E-state index contributed by atoms with van der Waals surface area (Å²) in [5.74, 6) is 5.27. The van der Waals surface area contributed by atoms with Gasteiger partial charge in [-0.05, 0) is 41.1 Å². The van der Waals surface area contributed by atoms with E-state index in [0.717, 1.165) is 4.47 Å². The highest BCUT2D eigenvalue weighted by Crippen LogP contribution is 2.19. The van der Waals surface area contributed by atoms with Gasteiger partial charge in [0.15, 0.2) is 0 Å². The lowest BCUT2D eigenvalue weighted by molar-refractivity contribution is 0.0958. The molecule has 0 fully saturated rings. The average Bonchev–Trinajstić information content (AvgIpc) is 2.22. The fourth-order valence-electron chi connectivity index (χ4n) is 1.02. The van der Waals surface area contributed by atoms with E-state index >= 15 is 0 Å². The van der Waals surface area contributed by atoms with Crippen molar-refractivity contribution in [2.45, 2.75) is 6.92 Å². The molecule has 1 aromatic carbocycles. The van der Waals surface area contributed by atoms with Gasteiger partial charge in [-0.3, -0.25) is 4.79 Å². The van der Waals surface area contributed by atoms with E-state index in [4.69, 9.17) is 5.73 Å². The minimum atomic E-state index is -0.183. The Kier molecular flexibility index (Phi) is 4.19. The van der Waals surface area contributed by atoms with Crippen LogP contribution in [0.4, 0.5) is 5.69 Å². The SMILES string of the molecule is CC#CCNC(=O)c1cc(N)ccc1Br. The van der Waals surface area contributed by atoms with Crippen molar-refractivity contribution in [2.24, 2.45) is 0 Å². The Labute approximate surface area is 97.2 Å². The first-order valence-corrected chi connectivity index (χ1v) is 5.17. The minimum Gasteiger partial charge on any atom is -0.399 e. The molecule has 0 radical (unpaired) electrons. The van der Waals surface area contributed by atoms with E-state index in [1.165, 1.54) is 0 Å². The number of benzene rings is 1. The Hall–Kier alpha value is -1.47. The zero-order valence-corrected chi connectivity index (χ0v) is 9.89. The Morgan fingerprint density at radius 1 is 1.60 bits per heavy atom. The molecule has 0 bridgehead atoms. The normalized spacial score (nSPS) is 8.93. The summed E-state index contributed by atoms with van der Waals surface area (Å²) in [4.78, 5) is 11.6. The highest BCUT2D eigenvalue weighted by atomic mass is 79.9. The van der Waals surface area contributed by atoms with Crippen LogP contribution in [-0.4, -0.2) is 12.5 Å². The van der Waals surface area contributed by atoms with Gasteiger partial charge in [-0.1, -0.05) is 5.92 Å². The molecule has 1 rings (SSSR count). The number of amides is 1. The smallest absolute Gasteiger partial charge is 0.253 e. The number of nitrogen functional groups attached to an aromatic ring is 1. The molecular weight excluding hydrogens is 256 g/mol. The van der Waals surface area contributed by atoms with Crippen molar-refractivity contribution in [3.05, 3.63) is 28.2 Å². The van der Waals surface area contributed by atoms with Crippen LogP contribution in [0.15, 0.2) is 22.7 Å². The van der Waals surface area contributed by atoms with Gasteiger partial charge >= 0.3 is 0 Å². The lowest BCUT2D eigenvalue weighted by Gasteiger charge is -2.04. The number of anilines is 1. The summed E-state index contributed by atoms with van der Waals surface area (Å²) in [6, 6.07) is 5.10. The zero-order valence-electron chi connectivity index (χ0n) is 8.30. The van der Waals surface area contributed by atoms with Crippen molar-refractivity contribution in [1.29, 1.82) is 0 Å². The fraction of sp³-hybridized carbons (Fsp3) is 0.182. The summed E-state index contributed by atoms with van der Waals surface area (Å²) >= 11 is 3.29. The zero-order chi connectivity index (χ0) is 11.3. The van der Waals surface area contributed by atoms with Crippen LogP contribution in [0.5, 0.6) is 0 Å². The third-order valence-corrected chi connectivity index (χ3v) is 2.44. The molecule has 0 unspecified atom stereocenters. The van der Waals surface area contributed by atoms with E-state index in [1.807, 2.05) is 0 Å². The van der Waals surface area contributed by atoms with Crippen LogP contribution in [0.2, 0.25) is 0 Å². The Morgan fingerprint density at radius 2 is 2.33 bits per heavy atom. The third kappa shape index (κ3) is 3.30. The van der Waals surface area contributed by atoms with Gasteiger partial charge < -0.3 is 11.1 Å². The second kappa shape index (κ2) is 5.42. The van der Waals surface area contributed by atoms with Gasteiger partial charge in [0.2, 0.25) is 0 Å². The largest absolute Gasteiger partial charge is 0.399 e. The average molecular weight is 267 g/mol.